The highest BCUT2D eigenvalue weighted by Crippen LogP contribution is 2.18. The molecule has 180 valence electrons. The lowest BCUT2D eigenvalue weighted by atomic mass is 10.1. The number of carbonyl (C=O) groups excluding carboxylic acids is 1. The van der Waals surface area contributed by atoms with Crippen LogP contribution in [-0.2, 0) is 16.0 Å². The van der Waals surface area contributed by atoms with Gasteiger partial charge in [-0.05, 0) is 56.7 Å². The van der Waals surface area contributed by atoms with E-state index in [0.29, 0.717) is 18.2 Å². The summed E-state index contributed by atoms with van der Waals surface area (Å²) in [6, 6.07) is 7.71. The number of rotatable bonds is 7. The fourth-order valence-corrected chi connectivity index (χ4v) is 4.02. The average Bonchev–Trinajstić information content (AvgIpc) is 2.81. The maximum Gasteiger partial charge on any atom is 0.253 e. The Labute approximate surface area is 209 Å². The summed E-state index contributed by atoms with van der Waals surface area (Å²) < 4.78 is 11.9. The van der Waals surface area contributed by atoms with E-state index in [4.69, 9.17) is 14.5 Å². The Morgan fingerprint density at radius 3 is 2.50 bits per heavy atom. The van der Waals surface area contributed by atoms with Crippen LogP contribution in [0.4, 0.5) is 0 Å². The van der Waals surface area contributed by atoms with Gasteiger partial charge >= 0.3 is 0 Å². The molecule has 0 radical (unpaired) electrons. The Bertz CT molecular complexity index is 712. The number of likely N-dealkylation sites (tertiary alicyclic amines) is 1. The first kappa shape index (κ1) is 26.9. The van der Waals surface area contributed by atoms with Crippen LogP contribution in [0.25, 0.3) is 0 Å². The third kappa shape index (κ3) is 8.19. The lowest BCUT2D eigenvalue weighted by Gasteiger charge is -2.35. The number of carbonyl (C=O) groups is 1. The summed E-state index contributed by atoms with van der Waals surface area (Å²) in [7, 11) is 3.53. The van der Waals surface area contributed by atoms with Gasteiger partial charge in [0.2, 0.25) is 0 Å². The van der Waals surface area contributed by atoms with E-state index in [2.05, 4.69) is 17.1 Å². The molecule has 8 heteroatoms. The van der Waals surface area contributed by atoms with Crippen LogP contribution >= 0.6 is 24.0 Å². The molecule has 1 aromatic rings. The van der Waals surface area contributed by atoms with Gasteiger partial charge in [0.15, 0.2) is 5.96 Å². The van der Waals surface area contributed by atoms with Gasteiger partial charge in [0.1, 0.15) is 0 Å². The monoisotopic (exact) mass is 558 g/mol. The molecule has 7 nitrogen and oxygen atoms in total. The molecular formula is C24H39IN4O3. The number of ether oxygens (including phenoxy) is 2. The van der Waals surface area contributed by atoms with E-state index in [1.165, 1.54) is 12.8 Å². The smallest absolute Gasteiger partial charge is 0.253 e. The standard InChI is InChI=1S/C24H38N4O3.HI/c1-4-25-24(26-17-19-8-10-20(11-9-19)23(29)27(2)3)28-14-12-21(13-15-28)31-18-22-7-5-6-16-30-22;/h8-11,21-22H,4-7,12-18H2,1-3H3,(H,25,26);1H. The average molecular weight is 559 g/mol. The summed E-state index contributed by atoms with van der Waals surface area (Å²) in [6.07, 6.45) is 6.18. The van der Waals surface area contributed by atoms with E-state index < -0.39 is 0 Å². The highest BCUT2D eigenvalue weighted by atomic mass is 127. The molecule has 1 amide bonds. The molecule has 2 heterocycles. The van der Waals surface area contributed by atoms with Crippen LogP contribution in [0.2, 0.25) is 0 Å². The minimum atomic E-state index is 0. The number of hydrogen-bond acceptors (Lipinski definition) is 4. The van der Waals surface area contributed by atoms with Crippen molar-refractivity contribution in [2.24, 2.45) is 4.99 Å². The van der Waals surface area contributed by atoms with Gasteiger partial charge in [-0.15, -0.1) is 24.0 Å². The first-order valence-corrected chi connectivity index (χ1v) is 11.6. The van der Waals surface area contributed by atoms with Crippen molar-refractivity contribution in [3.05, 3.63) is 35.4 Å². The Hall–Kier alpha value is -1.39. The molecule has 32 heavy (non-hydrogen) atoms. The quantitative estimate of drug-likeness (QED) is 0.315. The topological polar surface area (TPSA) is 66.4 Å². The number of guanidine groups is 1. The molecule has 0 saturated carbocycles. The van der Waals surface area contributed by atoms with Gasteiger partial charge in [0.25, 0.3) is 5.91 Å². The summed E-state index contributed by atoms with van der Waals surface area (Å²) >= 11 is 0. The lowest BCUT2D eigenvalue weighted by molar-refractivity contribution is -0.0721. The molecular weight excluding hydrogens is 519 g/mol. The Morgan fingerprint density at radius 1 is 1.19 bits per heavy atom. The normalized spacial score (nSPS) is 19.9. The second-order valence-corrected chi connectivity index (χ2v) is 8.57. The van der Waals surface area contributed by atoms with Crippen LogP contribution in [0.1, 0.15) is 54.9 Å². The molecule has 1 atom stereocenters. The number of piperidine rings is 1. The van der Waals surface area contributed by atoms with Crippen LogP contribution in [0, 0.1) is 0 Å². The maximum absolute atomic E-state index is 12.0. The lowest BCUT2D eigenvalue weighted by Crippen LogP contribution is -2.47. The number of nitrogens with one attached hydrogen (secondary N) is 1. The second-order valence-electron chi connectivity index (χ2n) is 8.57. The Balaban J connectivity index is 0.00000363. The summed E-state index contributed by atoms with van der Waals surface area (Å²) in [6.45, 7) is 7.02. The molecule has 1 aromatic carbocycles. The largest absolute Gasteiger partial charge is 0.376 e. The van der Waals surface area contributed by atoms with Crippen molar-refractivity contribution >= 4 is 35.8 Å². The summed E-state index contributed by atoms with van der Waals surface area (Å²) in [5.74, 6) is 0.966. The fraction of sp³-hybridized carbons (Fsp3) is 0.667. The van der Waals surface area contributed by atoms with E-state index in [-0.39, 0.29) is 36.0 Å². The Kier molecular flexibility index (Phi) is 11.7. The fourth-order valence-electron chi connectivity index (χ4n) is 4.02. The molecule has 2 aliphatic rings. The van der Waals surface area contributed by atoms with Gasteiger partial charge in [-0.2, -0.15) is 0 Å². The summed E-state index contributed by atoms with van der Waals surface area (Å²) in [4.78, 5) is 20.8. The number of benzene rings is 1. The van der Waals surface area contributed by atoms with Gasteiger partial charge in [-0.3, -0.25) is 4.79 Å². The van der Waals surface area contributed by atoms with Gasteiger partial charge in [-0.25, -0.2) is 4.99 Å². The number of amides is 1. The predicted octanol–water partition coefficient (Wildman–Crippen LogP) is 3.52. The van der Waals surface area contributed by atoms with Crippen molar-refractivity contribution in [3.63, 3.8) is 0 Å². The van der Waals surface area contributed by atoms with E-state index in [1.807, 2.05) is 24.3 Å². The SMILES string of the molecule is CCNC(=NCc1ccc(C(=O)N(C)C)cc1)N1CCC(OCC2CCCCO2)CC1.I. The van der Waals surface area contributed by atoms with Crippen LogP contribution < -0.4 is 5.32 Å². The number of halogens is 1. The number of hydrogen-bond donors (Lipinski definition) is 1. The maximum atomic E-state index is 12.0. The van der Waals surface area contributed by atoms with Gasteiger partial charge in [0, 0.05) is 45.9 Å². The highest BCUT2D eigenvalue weighted by molar-refractivity contribution is 14.0. The first-order valence-electron chi connectivity index (χ1n) is 11.6. The summed E-state index contributed by atoms with van der Waals surface area (Å²) in [5.41, 5.74) is 1.79. The van der Waals surface area contributed by atoms with E-state index in [9.17, 15) is 4.79 Å². The third-order valence-corrected chi connectivity index (χ3v) is 5.89. The molecule has 0 spiro atoms. The van der Waals surface area contributed by atoms with Crippen molar-refractivity contribution in [2.75, 3.05) is 46.9 Å². The summed E-state index contributed by atoms with van der Waals surface area (Å²) in [5, 5.41) is 3.42. The van der Waals surface area contributed by atoms with E-state index >= 15 is 0 Å². The molecule has 1 N–H and O–H groups in total. The molecule has 2 fully saturated rings. The molecule has 0 bridgehead atoms. The molecule has 2 saturated heterocycles. The molecule has 1 unspecified atom stereocenters. The van der Waals surface area contributed by atoms with Crippen LogP contribution in [0.15, 0.2) is 29.3 Å². The minimum Gasteiger partial charge on any atom is -0.376 e. The van der Waals surface area contributed by atoms with Crippen molar-refractivity contribution < 1.29 is 14.3 Å². The molecule has 3 rings (SSSR count). The Morgan fingerprint density at radius 2 is 1.91 bits per heavy atom. The number of nitrogens with zero attached hydrogens (tertiary/aromatic N) is 3. The van der Waals surface area contributed by atoms with Crippen LogP contribution in [0.5, 0.6) is 0 Å². The van der Waals surface area contributed by atoms with E-state index in [0.717, 1.165) is 63.6 Å². The zero-order valence-electron chi connectivity index (χ0n) is 19.7. The third-order valence-electron chi connectivity index (χ3n) is 5.89. The molecule has 0 aromatic heterocycles. The van der Waals surface area contributed by atoms with Crippen molar-refractivity contribution in [1.29, 1.82) is 0 Å². The van der Waals surface area contributed by atoms with Crippen molar-refractivity contribution in [1.82, 2.24) is 15.1 Å². The van der Waals surface area contributed by atoms with Gasteiger partial charge < -0.3 is 24.6 Å². The van der Waals surface area contributed by atoms with Crippen molar-refractivity contribution in [2.45, 2.75) is 57.8 Å². The minimum absolute atomic E-state index is 0. The van der Waals surface area contributed by atoms with Gasteiger partial charge in [0.05, 0.1) is 25.4 Å². The van der Waals surface area contributed by atoms with Crippen LogP contribution in [0.3, 0.4) is 0 Å². The van der Waals surface area contributed by atoms with Gasteiger partial charge in [-0.1, -0.05) is 12.1 Å². The predicted molar refractivity (Wildman–Crippen MR) is 139 cm³/mol. The molecule has 2 aliphatic heterocycles. The van der Waals surface area contributed by atoms with Crippen molar-refractivity contribution in [3.8, 4) is 0 Å². The number of aliphatic imine (C=N–C) groups is 1. The van der Waals surface area contributed by atoms with Crippen LogP contribution in [-0.4, -0.2) is 80.8 Å². The second kappa shape index (κ2) is 14.0. The first-order chi connectivity index (χ1) is 15.1. The molecule has 0 aliphatic carbocycles. The zero-order valence-corrected chi connectivity index (χ0v) is 22.0. The van der Waals surface area contributed by atoms with E-state index in [1.54, 1.807) is 19.0 Å². The zero-order chi connectivity index (χ0) is 22.1. The highest BCUT2D eigenvalue weighted by Gasteiger charge is 2.23.